The Kier molecular flexibility index (Phi) is 8.74. The fourth-order valence-electron chi connectivity index (χ4n) is 5.35. The average Bonchev–Trinajstić information content (AvgIpc) is 2.89. The second kappa shape index (κ2) is 11.6. The van der Waals surface area contributed by atoms with E-state index in [0.29, 0.717) is 22.4 Å². The first-order valence-electron chi connectivity index (χ1n) is 12.7. The molecule has 4 N–H and O–H groups in total. The molecule has 6 nitrogen and oxygen atoms in total. The van der Waals surface area contributed by atoms with Gasteiger partial charge in [0, 0.05) is 10.4 Å². The SMILES string of the molecule is CCC1(COc2ccc(Cc3cc(C4OC(CO)C(O)C(O)C4O)ccc3Cl)cc2)CCCCC1. The summed E-state index contributed by atoms with van der Waals surface area (Å²) in [4.78, 5) is 0. The summed E-state index contributed by atoms with van der Waals surface area (Å²) in [5, 5.41) is 40.7. The minimum Gasteiger partial charge on any atom is -0.493 e. The molecule has 2 aromatic rings. The molecule has 2 aliphatic rings. The number of aliphatic hydroxyl groups excluding tert-OH is 4. The average molecular weight is 505 g/mol. The predicted octanol–water partition coefficient (Wildman–Crippen LogP) is 4.19. The highest BCUT2D eigenvalue weighted by atomic mass is 35.5. The van der Waals surface area contributed by atoms with Gasteiger partial charge in [-0.3, -0.25) is 0 Å². The number of halogens is 1. The lowest BCUT2D eigenvalue weighted by Crippen LogP contribution is -2.55. The van der Waals surface area contributed by atoms with Crippen LogP contribution in [0.5, 0.6) is 5.75 Å². The summed E-state index contributed by atoms with van der Waals surface area (Å²) in [6, 6.07) is 13.4. The van der Waals surface area contributed by atoms with Crippen molar-refractivity contribution in [3.8, 4) is 5.75 Å². The van der Waals surface area contributed by atoms with Gasteiger partial charge in [0.25, 0.3) is 0 Å². The number of benzene rings is 2. The van der Waals surface area contributed by atoms with Gasteiger partial charge in [-0.05, 0) is 60.6 Å². The van der Waals surface area contributed by atoms with Crippen molar-refractivity contribution in [2.75, 3.05) is 13.2 Å². The maximum Gasteiger partial charge on any atom is 0.119 e. The molecule has 2 aromatic carbocycles. The molecule has 1 heterocycles. The molecule has 5 unspecified atom stereocenters. The van der Waals surface area contributed by atoms with E-state index in [9.17, 15) is 20.4 Å². The van der Waals surface area contributed by atoms with Crippen LogP contribution in [0, 0.1) is 5.41 Å². The lowest BCUT2D eigenvalue weighted by atomic mass is 9.73. The van der Waals surface area contributed by atoms with Gasteiger partial charge in [-0.15, -0.1) is 0 Å². The van der Waals surface area contributed by atoms with Gasteiger partial charge in [-0.2, -0.15) is 0 Å². The normalized spacial score (nSPS) is 28.6. The zero-order valence-corrected chi connectivity index (χ0v) is 21.0. The Balaban J connectivity index is 1.43. The quantitative estimate of drug-likeness (QED) is 0.430. The van der Waals surface area contributed by atoms with Gasteiger partial charge in [0.2, 0.25) is 0 Å². The Labute approximate surface area is 212 Å². The van der Waals surface area contributed by atoms with E-state index in [4.69, 9.17) is 21.1 Å². The Bertz CT molecular complexity index is 956. The standard InChI is InChI=1S/C28H37ClO6/c1-2-28(12-4-3-5-13-28)17-34-21-9-6-18(7-10-21)14-20-15-19(8-11-22(20)29)27-26(33)25(32)24(31)23(16-30)35-27/h6-11,15,23-27,30-33H,2-5,12-14,16-17H2,1H3. The summed E-state index contributed by atoms with van der Waals surface area (Å²) < 4.78 is 11.9. The largest absolute Gasteiger partial charge is 0.493 e. The van der Waals surface area contributed by atoms with E-state index in [2.05, 4.69) is 6.92 Å². The van der Waals surface area contributed by atoms with Gasteiger partial charge in [0.15, 0.2) is 0 Å². The highest BCUT2D eigenvalue weighted by Crippen LogP contribution is 2.40. The Morgan fingerprint density at radius 3 is 2.34 bits per heavy atom. The second-order valence-electron chi connectivity index (χ2n) is 10.1. The van der Waals surface area contributed by atoms with E-state index in [1.807, 2.05) is 30.3 Å². The number of ether oxygens (including phenoxy) is 2. The van der Waals surface area contributed by atoms with Crippen LogP contribution in [0.25, 0.3) is 0 Å². The highest BCUT2D eigenvalue weighted by molar-refractivity contribution is 6.31. The number of rotatable bonds is 8. The molecule has 5 atom stereocenters. The summed E-state index contributed by atoms with van der Waals surface area (Å²) in [6.07, 6.45) is 2.15. The van der Waals surface area contributed by atoms with Crippen molar-refractivity contribution in [1.82, 2.24) is 0 Å². The number of hydrogen-bond acceptors (Lipinski definition) is 6. The molecular weight excluding hydrogens is 468 g/mol. The van der Waals surface area contributed by atoms with Crippen molar-refractivity contribution in [2.24, 2.45) is 5.41 Å². The summed E-state index contributed by atoms with van der Waals surface area (Å²) in [5.41, 5.74) is 2.84. The molecule has 0 bridgehead atoms. The molecule has 2 fully saturated rings. The van der Waals surface area contributed by atoms with E-state index < -0.39 is 37.1 Å². The first-order valence-corrected chi connectivity index (χ1v) is 13.0. The fourth-order valence-corrected chi connectivity index (χ4v) is 5.53. The topological polar surface area (TPSA) is 99.4 Å². The van der Waals surface area contributed by atoms with Gasteiger partial charge < -0.3 is 29.9 Å². The maximum atomic E-state index is 10.5. The molecule has 1 aliphatic carbocycles. The fraction of sp³-hybridized carbons (Fsp3) is 0.571. The third-order valence-electron chi connectivity index (χ3n) is 7.82. The smallest absolute Gasteiger partial charge is 0.119 e. The highest BCUT2D eigenvalue weighted by Gasteiger charge is 2.44. The molecule has 1 aliphatic heterocycles. The monoisotopic (exact) mass is 504 g/mol. The second-order valence-corrected chi connectivity index (χ2v) is 10.5. The van der Waals surface area contributed by atoms with Crippen LogP contribution >= 0.6 is 11.6 Å². The molecule has 7 heteroatoms. The van der Waals surface area contributed by atoms with Gasteiger partial charge in [-0.1, -0.05) is 62.1 Å². The molecule has 0 amide bonds. The van der Waals surface area contributed by atoms with E-state index in [-0.39, 0.29) is 0 Å². The molecule has 1 saturated heterocycles. The molecule has 4 rings (SSSR count). The van der Waals surface area contributed by atoms with E-state index >= 15 is 0 Å². The van der Waals surface area contributed by atoms with Crippen LogP contribution < -0.4 is 4.74 Å². The molecule has 192 valence electrons. The summed E-state index contributed by atoms with van der Waals surface area (Å²) in [6.45, 7) is 2.56. The van der Waals surface area contributed by atoms with E-state index in [0.717, 1.165) is 29.9 Å². The van der Waals surface area contributed by atoms with Gasteiger partial charge in [0.05, 0.1) is 13.2 Å². The lowest BCUT2D eigenvalue weighted by Gasteiger charge is -2.40. The number of hydrogen-bond donors (Lipinski definition) is 4. The minimum absolute atomic E-state index is 0.301. The third-order valence-corrected chi connectivity index (χ3v) is 8.19. The molecule has 0 aromatic heterocycles. The Morgan fingerprint density at radius 2 is 1.69 bits per heavy atom. The summed E-state index contributed by atoms with van der Waals surface area (Å²) in [7, 11) is 0. The van der Waals surface area contributed by atoms with Crippen LogP contribution in [0.15, 0.2) is 42.5 Å². The molecule has 1 saturated carbocycles. The predicted molar refractivity (Wildman–Crippen MR) is 135 cm³/mol. The van der Waals surface area contributed by atoms with Crippen molar-refractivity contribution in [2.45, 2.75) is 82.4 Å². The maximum absolute atomic E-state index is 10.5. The van der Waals surface area contributed by atoms with Crippen LogP contribution in [0.1, 0.15) is 68.2 Å². The molecule has 0 radical (unpaired) electrons. The van der Waals surface area contributed by atoms with Gasteiger partial charge >= 0.3 is 0 Å². The zero-order chi connectivity index (χ0) is 25.0. The minimum atomic E-state index is -1.42. The summed E-state index contributed by atoms with van der Waals surface area (Å²) >= 11 is 6.47. The van der Waals surface area contributed by atoms with Crippen LogP contribution in [0.3, 0.4) is 0 Å². The van der Waals surface area contributed by atoms with Crippen LogP contribution in [0.2, 0.25) is 5.02 Å². The van der Waals surface area contributed by atoms with Crippen molar-refractivity contribution in [3.63, 3.8) is 0 Å². The Hall–Kier alpha value is -1.67. The third kappa shape index (κ3) is 6.01. The molecule has 0 spiro atoms. The van der Waals surface area contributed by atoms with Crippen LogP contribution in [-0.2, 0) is 11.2 Å². The summed E-state index contributed by atoms with van der Waals surface area (Å²) in [5.74, 6) is 0.869. The first-order chi connectivity index (χ1) is 16.9. The van der Waals surface area contributed by atoms with Crippen LogP contribution in [-0.4, -0.2) is 58.1 Å². The van der Waals surface area contributed by atoms with Crippen molar-refractivity contribution >= 4 is 11.6 Å². The molecular formula is C28H37ClO6. The molecule has 35 heavy (non-hydrogen) atoms. The van der Waals surface area contributed by atoms with Crippen LogP contribution in [0.4, 0.5) is 0 Å². The van der Waals surface area contributed by atoms with Gasteiger partial charge in [0.1, 0.15) is 36.3 Å². The first kappa shape index (κ1) is 26.4. The van der Waals surface area contributed by atoms with E-state index in [1.54, 1.807) is 12.1 Å². The van der Waals surface area contributed by atoms with Crippen molar-refractivity contribution in [1.29, 1.82) is 0 Å². The number of aliphatic hydroxyl groups is 4. The van der Waals surface area contributed by atoms with Crippen molar-refractivity contribution in [3.05, 3.63) is 64.2 Å². The lowest BCUT2D eigenvalue weighted by molar-refractivity contribution is -0.231. The van der Waals surface area contributed by atoms with E-state index in [1.165, 1.54) is 32.1 Å². The Morgan fingerprint density at radius 1 is 0.971 bits per heavy atom. The zero-order valence-electron chi connectivity index (χ0n) is 20.3. The van der Waals surface area contributed by atoms with Crippen molar-refractivity contribution < 1.29 is 29.9 Å². The van der Waals surface area contributed by atoms with Gasteiger partial charge in [-0.25, -0.2) is 0 Å².